The Morgan fingerprint density at radius 3 is 2.41 bits per heavy atom. The second-order valence-electron chi connectivity index (χ2n) is 8.15. The summed E-state index contributed by atoms with van der Waals surface area (Å²) in [6.07, 6.45) is -7.17. The molecule has 0 spiro atoms. The molecule has 3 heterocycles. The summed E-state index contributed by atoms with van der Waals surface area (Å²) in [6.45, 7) is 3.07. The van der Waals surface area contributed by atoms with E-state index in [0.29, 0.717) is 10.5 Å². The van der Waals surface area contributed by atoms with Crippen molar-refractivity contribution in [1.29, 1.82) is 0 Å². The van der Waals surface area contributed by atoms with E-state index < -0.39 is 48.5 Å². The largest absolute Gasteiger partial charge is 0.471 e. The first-order chi connectivity index (χ1) is 15.1. The molecule has 5 atom stereocenters. The van der Waals surface area contributed by atoms with Gasteiger partial charge in [-0.3, -0.25) is 4.79 Å². The lowest BCUT2D eigenvalue weighted by Crippen LogP contribution is -2.49. The number of benzene rings is 1. The summed E-state index contributed by atoms with van der Waals surface area (Å²) < 4.78 is 69.7. The molecule has 0 bridgehead atoms. The zero-order chi connectivity index (χ0) is 23.1. The molecule has 174 valence electrons. The van der Waals surface area contributed by atoms with Crippen molar-refractivity contribution in [1.82, 2.24) is 4.90 Å². The Labute approximate surface area is 183 Å². The van der Waals surface area contributed by atoms with Crippen molar-refractivity contribution in [2.24, 2.45) is 0 Å². The molecule has 0 radical (unpaired) electrons. The average Bonchev–Trinajstić information content (AvgIpc) is 3.43. The predicted octanol–water partition coefficient (Wildman–Crippen LogP) is 3.80. The van der Waals surface area contributed by atoms with Crippen LogP contribution in [-0.2, 0) is 30.3 Å². The monoisotopic (exact) mass is 455 g/mol. The van der Waals surface area contributed by atoms with Crippen molar-refractivity contribution in [3.8, 4) is 0 Å². The van der Waals surface area contributed by atoms with Crippen molar-refractivity contribution in [2.45, 2.75) is 63.0 Å². The lowest BCUT2D eigenvalue weighted by molar-refractivity contribution is -0.237. The highest BCUT2D eigenvalue weighted by Crippen LogP contribution is 2.45. The lowest BCUT2D eigenvalue weighted by atomic mass is 9.98. The third kappa shape index (κ3) is 4.40. The summed E-state index contributed by atoms with van der Waals surface area (Å²) in [4.78, 5) is 13.3. The number of halogens is 3. The zero-order valence-corrected chi connectivity index (χ0v) is 17.7. The van der Waals surface area contributed by atoms with Crippen LogP contribution in [0.4, 0.5) is 13.2 Å². The lowest BCUT2D eigenvalue weighted by Gasteiger charge is -2.36. The van der Waals surface area contributed by atoms with Crippen LogP contribution in [0.25, 0.3) is 0 Å². The molecule has 0 saturated carbocycles. The number of amides is 1. The van der Waals surface area contributed by atoms with Gasteiger partial charge >= 0.3 is 12.1 Å². The van der Waals surface area contributed by atoms with E-state index in [-0.39, 0.29) is 12.3 Å². The Hall–Kier alpha value is -2.40. The van der Waals surface area contributed by atoms with Crippen molar-refractivity contribution < 1.29 is 41.3 Å². The molecule has 32 heavy (non-hydrogen) atoms. The molecule has 0 N–H and O–H groups in total. The number of furan rings is 1. The van der Waals surface area contributed by atoms with E-state index in [4.69, 9.17) is 23.4 Å². The van der Waals surface area contributed by atoms with Gasteiger partial charge in [-0.1, -0.05) is 30.3 Å². The molecule has 1 amide bonds. The second-order valence-corrected chi connectivity index (χ2v) is 8.15. The molecule has 0 unspecified atom stereocenters. The quantitative estimate of drug-likeness (QED) is 0.660. The van der Waals surface area contributed by atoms with E-state index in [1.54, 1.807) is 44.2 Å². The third-order valence-corrected chi connectivity index (χ3v) is 5.46. The smallest absolute Gasteiger partial charge is 0.467 e. The fourth-order valence-electron chi connectivity index (χ4n) is 4.23. The van der Waals surface area contributed by atoms with Crippen molar-refractivity contribution in [3.05, 3.63) is 60.1 Å². The van der Waals surface area contributed by atoms with Gasteiger partial charge < -0.3 is 28.3 Å². The maximum atomic E-state index is 13.7. The van der Waals surface area contributed by atoms with Crippen LogP contribution in [0, 0.1) is 0 Å². The van der Waals surface area contributed by atoms with Gasteiger partial charge in [0.15, 0.2) is 12.1 Å². The van der Waals surface area contributed by atoms with Gasteiger partial charge in [0.1, 0.15) is 30.1 Å². The number of fused-ring (bicyclic) bond motifs is 1. The molecule has 7 nitrogen and oxygen atoms in total. The first kappa shape index (κ1) is 22.8. The van der Waals surface area contributed by atoms with Crippen LogP contribution in [0.15, 0.2) is 53.1 Å². The topological polar surface area (TPSA) is 70.4 Å². The Balaban J connectivity index is 1.77. The van der Waals surface area contributed by atoms with Gasteiger partial charge in [-0.25, -0.2) is 0 Å². The zero-order valence-electron chi connectivity index (χ0n) is 17.7. The molecule has 2 aliphatic heterocycles. The molecule has 0 aliphatic carbocycles. The molecule has 2 aliphatic rings. The maximum absolute atomic E-state index is 13.7. The van der Waals surface area contributed by atoms with Gasteiger partial charge in [-0.2, -0.15) is 13.2 Å². The fraction of sp³-hybridized carbons (Fsp3) is 0.500. The summed E-state index contributed by atoms with van der Waals surface area (Å²) in [5.41, 5.74) is 0.517. The van der Waals surface area contributed by atoms with Crippen LogP contribution >= 0.6 is 0 Å². The number of hydrogen-bond donors (Lipinski definition) is 0. The van der Waals surface area contributed by atoms with Crippen LogP contribution in [0.1, 0.15) is 31.2 Å². The second kappa shape index (κ2) is 8.51. The molecule has 2 saturated heterocycles. The maximum Gasteiger partial charge on any atom is 0.471 e. The van der Waals surface area contributed by atoms with E-state index in [0.717, 1.165) is 0 Å². The van der Waals surface area contributed by atoms with Crippen LogP contribution in [-0.4, -0.2) is 54.5 Å². The van der Waals surface area contributed by atoms with Crippen LogP contribution in [0.5, 0.6) is 0 Å². The van der Waals surface area contributed by atoms with Crippen molar-refractivity contribution in [2.75, 3.05) is 7.11 Å². The molecule has 1 aromatic carbocycles. The average molecular weight is 455 g/mol. The standard InChI is InChI=1S/C22H24F3NO6/c1-21(2)31-17-16(30-19(28-3)18(17)32-21)15(14-10-7-11-29-14)26(20(27)22(23,24)25)12-13-8-5-4-6-9-13/h4-11,15-19H,12H2,1-3H3/t15-,16-,17-,18-,19-/m1/s1. The minimum absolute atomic E-state index is 0.132. The Kier molecular flexibility index (Phi) is 6.06. The molecule has 4 rings (SSSR count). The number of ether oxygens (including phenoxy) is 4. The van der Waals surface area contributed by atoms with E-state index >= 15 is 0 Å². The highest BCUT2D eigenvalue weighted by molar-refractivity contribution is 5.82. The minimum atomic E-state index is -5.11. The number of carbonyl (C=O) groups is 1. The summed E-state index contributed by atoms with van der Waals surface area (Å²) in [6, 6.07) is 10.2. The number of rotatable bonds is 6. The summed E-state index contributed by atoms with van der Waals surface area (Å²) in [5.74, 6) is -2.88. The normalized spacial score (nSPS) is 27.8. The van der Waals surface area contributed by atoms with Crippen LogP contribution in [0.2, 0.25) is 0 Å². The number of nitrogens with zero attached hydrogens (tertiary/aromatic N) is 1. The van der Waals surface area contributed by atoms with E-state index in [1.807, 2.05) is 0 Å². The van der Waals surface area contributed by atoms with E-state index in [9.17, 15) is 18.0 Å². The molecule has 10 heteroatoms. The Morgan fingerprint density at radius 2 is 1.81 bits per heavy atom. The molecule has 2 aromatic rings. The van der Waals surface area contributed by atoms with Gasteiger partial charge in [0.25, 0.3) is 0 Å². The number of methoxy groups -OCH3 is 1. The minimum Gasteiger partial charge on any atom is -0.467 e. The van der Waals surface area contributed by atoms with Gasteiger partial charge in [0.05, 0.1) is 6.26 Å². The summed E-state index contributed by atoms with van der Waals surface area (Å²) in [7, 11) is 1.41. The Morgan fingerprint density at radius 1 is 1.12 bits per heavy atom. The summed E-state index contributed by atoms with van der Waals surface area (Å²) >= 11 is 0. The van der Waals surface area contributed by atoms with Crippen molar-refractivity contribution >= 4 is 5.91 Å². The van der Waals surface area contributed by atoms with E-state index in [2.05, 4.69) is 0 Å². The van der Waals surface area contributed by atoms with Gasteiger partial charge in [0.2, 0.25) is 0 Å². The Bertz CT molecular complexity index is 918. The highest BCUT2D eigenvalue weighted by atomic mass is 19.4. The van der Waals surface area contributed by atoms with Crippen LogP contribution < -0.4 is 0 Å². The van der Waals surface area contributed by atoms with Crippen LogP contribution in [0.3, 0.4) is 0 Å². The number of carbonyl (C=O) groups excluding carboxylic acids is 1. The highest BCUT2D eigenvalue weighted by Gasteiger charge is 2.60. The first-order valence-electron chi connectivity index (χ1n) is 10.1. The molecular weight excluding hydrogens is 431 g/mol. The SMILES string of the molecule is CO[C@@H]1O[C@H]([C@@H](c2ccco2)N(Cc2ccccc2)C(=O)C(F)(F)F)[C@H]2OC(C)(C)O[C@@H]12. The number of hydrogen-bond acceptors (Lipinski definition) is 6. The molecule has 1 aromatic heterocycles. The van der Waals surface area contributed by atoms with Gasteiger partial charge in [-0.05, 0) is 31.5 Å². The van der Waals surface area contributed by atoms with Gasteiger partial charge in [0, 0.05) is 13.7 Å². The number of alkyl halides is 3. The first-order valence-corrected chi connectivity index (χ1v) is 10.1. The molecular formula is C22H24F3NO6. The van der Waals surface area contributed by atoms with Crippen molar-refractivity contribution in [3.63, 3.8) is 0 Å². The predicted molar refractivity (Wildman–Crippen MR) is 104 cm³/mol. The van der Waals surface area contributed by atoms with Gasteiger partial charge in [-0.15, -0.1) is 0 Å². The molecule has 2 fully saturated rings. The third-order valence-electron chi connectivity index (χ3n) is 5.46. The summed E-state index contributed by atoms with van der Waals surface area (Å²) in [5, 5.41) is 0. The van der Waals surface area contributed by atoms with E-state index in [1.165, 1.54) is 25.5 Å². The fourth-order valence-corrected chi connectivity index (χ4v) is 4.23.